The van der Waals surface area contributed by atoms with Crippen LogP contribution in [0.25, 0.3) is 0 Å². The van der Waals surface area contributed by atoms with E-state index in [1.54, 1.807) is 0 Å². The van der Waals surface area contributed by atoms with Gasteiger partial charge in [0, 0.05) is 25.7 Å². The number of amides is 1. The summed E-state index contributed by atoms with van der Waals surface area (Å²) in [5.41, 5.74) is 0. The van der Waals surface area contributed by atoms with Crippen LogP contribution in [0.4, 0.5) is 0 Å². The molecule has 3 rings (SSSR count). The largest absolute Gasteiger partial charge is 0.338 e. The van der Waals surface area contributed by atoms with Crippen molar-refractivity contribution in [3.05, 3.63) is 0 Å². The summed E-state index contributed by atoms with van der Waals surface area (Å²) < 4.78 is 0. The molecule has 4 nitrogen and oxygen atoms in total. The molecule has 0 aromatic rings. The van der Waals surface area contributed by atoms with Gasteiger partial charge in [-0.05, 0) is 44.7 Å². The van der Waals surface area contributed by atoms with Crippen LogP contribution in [0.15, 0.2) is 0 Å². The molecule has 1 aliphatic carbocycles. The molecule has 0 aromatic carbocycles. The first-order chi connectivity index (χ1) is 9.34. The maximum Gasteiger partial charge on any atom is 0.237 e. The van der Waals surface area contributed by atoms with E-state index >= 15 is 0 Å². The maximum atomic E-state index is 12.5. The van der Waals surface area contributed by atoms with Gasteiger partial charge in [-0.3, -0.25) is 9.69 Å². The third-order valence-electron chi connectivity index (χ3n) is 5.12. The smallest absolute Gasteiger partial charge is 0.237 e. The Balaban J connectivity index is 1.54. The summed E-state index contributed by atoms with van der Waals surface area (Å²) in [6.45, 7) is 5.87. The van der Waals surface area contributed by atoms with Gasteiger partial charge in [0.05, 0.1) is 6.54 Å². The summed E-state index contributed by atoms with van der Waals surface area (Å²) in [4.78, 5) is 17.1. The van der Waals surface area contributed by atoms with Crippen LogP contribution < -0.4 is 5.32 Å². The van der Waals surface area contributed by atoms with Crippen molar-refractivity contribution in [3.63, 3.8) is 0 Å². The number of carbonyl (C=O) groups excluding carboxylic acids is 1. The molecule has 108 valence electrons. The molecule has 2 unspecified atom stereocenters. The van der Waals surface area contributed by atoms with Crippen molar-refractivity contribution in [2.45, 2.75) is 44.6 Å². The Morgan fingerprint density at radius 2 is 1.89 bits per heavy atom. The van der Waals surface area contributed by atoms with E-state index in [4.69, 9.17) is 0 Å². The predicted octanol–water partition coefficient (Wildman–Crippen LogP) is 1.07. The molecule has 0 aromatic heterocycles. The number of rotatable bonds is 2. The van der Waals surface area contributed by atoms with E-state index < -0.39 is 0 Å². The van der Waals surface area contributed by atoms with Gasteiger partial charge in [0.1, 0.15) is 0 Å². The van der Waals surface area contributed by atoms with Gasteiger partial charge in [-0.2, -0.15) is 0 Å². The number of likely N-dealkylation sites (tertiary alicyclic amines) is 1. The number of hydrogen-bond acceptors (Lipinski definition) is 3. The molecule has 2 heterocycles. The molecule has 0 radical (unpaired) electrons. The van der Waals surface area contributed by atoms with Crippen LogP contribution in [0.2, 0.25) is 0 Å². The Bertz CT molecular complexity index is 313. The third kappa shape index (κ3) is 3.11. The molecule has 2 atom stereocenters. The Morgan fingerprint density at radius 1 is 1.00 bits per heavy atom. The zero-order valence-electron chi connectivity index (χ0n) is 11.9. The zero-order chi connectivity index (χ0) is 13.1. The van der Waals surface area contributed by atoms with E-state index in [9.17, 15) is 4.79 Å². The summed E-state index contributed by atoms with van der Waals surface area (Å²) in [7, 11) is 0. The lowest BCUT2D eigenvalue weighted by atomic mass is 9.85. The summed E-state index contributed by atoms with van der Waals surface area (Å²) in [6, 6.07) is 0.575. The van der Waals surface area contributed by atoms with Gasteiger partial charge < -0.3 is 10.2 Å². The summed E-state index contributed by atoms with van der Waals surface area (Å²) in [6.07, 6.45) is 7.71. The molecule has 0 bridgehead atoms. The van der Waals surface area contributed by atoms with Gasteiger partial charge in [0.2, 0.25) is 5.91 Å². The van der Waals surface area contributed by atoms with Crippen LogP contribution in [0.3, 0.4) is 0 Å². The van der Waals surface area contributed by atoms with E-state index in [1.807, 2.05) is 0 Å². The average Bonchev–Trinajstić information content (AvgIpc) is 2.70. The Kier molecular flexibility index (Phi) is 4.38. The highest BCUT2D eigenvalue weighted by atomic mass is 16.2. The van der Waals surface area contributed by atoms with Crippen molar-refractivity contribution >= 4 is 5.91 Å². The molecule has 3 aliphatic rings. The van der Waals surface area contributed by atoms with Crippen LogP contribution in [0.5, 0.6) is 0 Å². The molecule has 4 heteroatoms. The number of fused-ring (bicyclic) bond motifs is 1. The van der Waals surface area contributed by atoms with E-state index in [2.05, 4.69) is 15.1 Å². The maximum absolute atomic E-state index is 12.5. The van der Waals surface area contributed by atoms with Crippen LogP contribution >= 0.6 is 0 Å². The minimum atomic E-state index is 0.385. The number of nitrogens with zero attached hydrogens (tertiary/aromatic N) is 2. The number of carbonyl (C=O) groups is 1. The van der Waals surface area contributed by atoms with Crippen LogP contribution in [-0.2, 0) is 4.79 Å². The van der Waals surface area contributed by atoms with Gasteiger partial charge >= 0.3 is 0 Å². The van der Waals surface area contributed by atoms with E-state index in [0.717, 1.165) is 38.6 Å². The normalized spacial score (nSPS) is 32.9. The quantitative estimate of drug-likeness (QED) is 0.811. The molecule has 2 aliphatic heterocycles. The van der Waals surface area contributed by atoms with Gasteiger partial charge in [0.15, 0.2) is 0 Å². The van der Waals surface area contributed by atoms with E-state index in [1.165, 1.54) is 38.5 Å². The molecule has 1 saturated carbocycles. The second-order valence-corrected chi connectivity index (χ2v) is 6.37. The van der Waals surface area contributed by atoms with Crippen LogP contribution in [0, 0.1) is 5.92 Å². The fourth-order valence-corrected chi connectivity index (χ4v) is 4.06. The molecular weight excluding hydrogens is 238 g/mol. The fourth-order valence-electron chi connectivity index (χ4n) is 4.06. The first-order valence-electron chi connectivity index (χ1n) is 8.07. The standard InChI is InChI=1S/C15H27N3O/c19-15(12-17-9-3-7-16-8-11-17)18-10-6-13-4-1-2-5-14(13)18/h13-14,16H,1-12H2. The number of hydrogen-bond donors (Lipinski definition) is 1. The SMILES string of the molecule is O=C(CN1CCCNCC1)N1CCC2CCCCC21. The van der Waals surface area contributed by atoms with Gasteiger partial charge in [-0.1, -0.05) is 12.8 Å². The highest BCUT2D eigenvalue weighted by Gasteiger charge is 2.38. The third-order valence-corrected chi connectivity index (χ3v) is 5.12. The van der Waals surface area contributed by atoms with Crippen molar-refractivity contribution in [2.75, 3.05) is 39.3 Å². The lowest BCUT2D eigenvalue weighted by Gasteiger charge is -2.33. The first-order valence-corrected chi connectivity index (χ1v) is 8.07. The Labute approximate surface area is 116 Å². The first kappa shape index (κ1) is 13.4. The Morgan fingerprint density at radius 3 is 2.84 bits per heavy atom. The summed E-state index contributed by atoms with van der Waals surface area (Å²) in [5, 5.41) is 3.40. The highest BCUT2D eigenvalue weighted by Crippen LogP contribution is 2.36. The second-order valence-electron chi connectivity index (χ2n) is 6.37. The topological polar surface area (TPSA) is 35.6 Å². The van der Waals surface area contributed by atoms with Gasteiger partial charge in [-0.15, -0.1) is 0 Å². The molecule has 1 N–H and O–H groups in total. The molecular formula is C15H27N3O. The second kappa shape index (κ2) is 6.23. The monoisotopic (exact) mass is 265 g/mol. The van der Waals surface area contributed by atoms with Crippen molar-refractivity contribution < 1.29 is 4.79 Å². The minimum absolute atomic E-state index is 0.385. The summed E-state index contributed by atoms with van der Waals surface area (Å²) in [5.74, 6) is 1.19. The van der Waals surface area contributed by atoms with Crippen LogP contribution in [0.1, 0.15) is 38.5 Å². The van der Waals surface area contributed by atoms with E-state index in [-0.39, 0.29) is 0 Å². The summed E-state index contributed by atoms with van der Waals surface area (Å²) >= 11 is 0. The fraction of sp³-hybridized carbons (Fsp3) is 0.933. The number of nitrogens with one attached hydrogen (secondary N) is 1. The van der Waals surface area contributed by atoms with E-state index in [0.29, 0.717) is 18.5 Å². The Hall–Kier alpha value is -0.610. The van der Waals surface area contributed by atoms with Crippen molar-refractivity contribution in [1.82, 2.24) is 15.1 Å². The van der Waals surface area contributed by atoms with Crippen molar-refractivity contribution in [2.24, 2.45) is 5.92 Å². The minimum Gasteiger partial charge on any atom is -0.338 e. The molecule has 0 spiro atoms. The molecule has 3 fully saturated rings. The lowest BCUT2D eigenvalue weighted by molar-refractivity contribution is -0.134. The lowest BCUT2D eigenvalue weighted by Crippen LogP contribution is -2.45. The van der Waals surface area contributed by atoms with Gasteiger partial charge in [0.25, 0.3) is 0 Å². The zero-order valence-corrected chi connectivity index (χ0v) is 11.9. The molecule has 1 amide bonds. The average molecular weight is 265 g/mol. The highest BCUT2D eigenvalue weighted by molar-refractivity contribution is 5.79. The molecule has 2 saturated heterocycles. The predicted molar refractivity (Wildman–Crippen MR) is 76.0 cm³/mol. The molecule has 19 heavy (non-hydrogen) atoms. The van der Waals surface area contributed by atoms with Crippen LogP contribution in [-0.4, -0.2) is 61.0 Å². The van der Waals surface area contributed by atoms with Crippen molar-refractivity contribution in [1.29, 1.82) is 0 Å². The van der Waals surface area contributed by atoms with Gasteiger partial charge in [-0.25, -0.2) is 0 Å². The van der Waals surface area contributed by atoms with Crippen molar-refractivity contribution in [3.8, 4) is 0 Å².